The van der Waals surface area contributed by atoms with Crippen LogP contribution >= 0.6 is 0 Å². The van der Waals surface area contributed by atoms with Crippen LogP contribution in [0.4, 0.5) is 0 Å². The first-order valence-electron chi connectivity index (χ1n) is 13.1. The Hall–Kier alpha value is -3.64. The van der Waals surface area contributed by atoms with Gasteiger partial charge in [-0.2, -0.15) is 0 Å². The summed E-state index contributed by atoms with van der Waals surface area (Å²) in [5.74, 6) is 0. The van der Waals surface area contributed by atoms with E-state index in [0.717, 1.165) is 0 Å². The molecule has 0 heterocycles. The van der Waals surface area contributed by atoms with Crippen LogP contribution in [0.25, 0.3) is 64.6 Å². The quantitative estimate of drug-likeness (QED) is 0.155. The van der Waals surface area contributed by atoms with Gasteiger partial charge in [0.15, 0.2) is 0 Å². The first kappa shape index (κ1) is 21.6. The van der Waals surface area contributed by atoms with E-state index in [2.05, 4.69) is 126 Å². The van der Waals surface area contributed by atoms with Gasteiger partial charge in [-0.1, -0.05) is 114 Å². The molecule has 7 rings (SSSR count). The molecule has 36 heavy (non-hydrogen) atoms. The van der Waals surface area contributed by atoms with Crippen molar-refractivity contribution in [1.29, 1.82) is 0 Å². The van der Waals surface area contributed by atoms with Crippen LogP contribution < -0.4 is 0 Å². The highest BCUT2D eigenvalue weighted by Crippen LogP contribution is 2.46. The lowest BCUT2D eigenvalue weighted by Crippen LogP contribution is -2.12. The molecule has 0 aliphatic carbocycles. The lowest BCUT2D eigenvalue weighted by Gasteiger charge is -2.25. The molecule has 0 amide bonds. The summed E-state index contributed by atoms with van der Waals surface area (Å²) in [7, 11) is 0. The van der Waals surface area contributed by atoms with Gasteiger partial charge in [0.25, 0.3) is 0 Å². The second kappa shape index (κ2) is 6.98. The molecule has 7 aromatic rings. The van der Waals surface area contributed by atoms with E-state index >= 15 is 0 Å². The van der Waals surface area contributed by atoms with Crippen molar-refractivity contribution in [1.82, 2.24) is 0 Å². The van der Waals surface area contributed by atoms with Crippen LogP contribution in [-0.4, -0.2) is 0 Å². The summed E-state index contributed by atoms with van der Waals surface area (Å²) in [5.41, 5.74) is 2.95. The average molecular weight is 465 g/mol. The van der Waals surface area contributed by atoms with Crippen molar-refractivity contribution < 1.29 is 0 Å². The average Bonchev–Trinajstić information content (AvgIpc) is 2.85. The molecule has 0 atom stereocenters. The summed E-state index contributed by atoms with van der Waals surface area (Å²) < 4.78 is 0. The second-order valence-corrected chi connectivity index (χ2v) is 12.7. The Morgan fingerprint density at radius 1 is 0.361 bits per heavy atom. The third kappa shape index (κ3) is 2.94. The minimum Gasteiger partial charge on any atom is -0.0616 e. The Labute approximate surface area is 212 Å². The Kier molecular flexibility index (Phi) is 4.19. The molecule has 0 N–H and O–H groups in total. The highest BCUT2D eigenvalue weighted by molar-refractivity contribution is 6.38. The van der Waals surface area contributed by atoms with Crippen LogP contribution in [0.15, 0.2) is 84.9 Å². The molecule has 0 aliphatic heterocycles. The van der Waals surface area contributed by atoms with Crippen molar-refractivity contribution in [3.05, 3.63) is 96.1 Å². The number of hydrogen-bond acceptors (Lipinski definition) is 0. The van der Waals surface area contributed by atoms with Crippen LogP contribution in [0.5, 0.6) is 0 Å². The first-order chi connectivity index (χ1) is 17.1. The Bertz CT molecular complexity index is 1990. The maximum Gasteiger partial charge on any atom is -0.00198 e. The molecule has 176 valence electrons. The summed E-state index contributed by atoms with van der Waals surface area (Å²) in [5, 5.41) is 16.3. The molecule has 0 bridgehead atoms. The van der Waals surface area contributed by atoms with Gasteiger partial charge < -0.3 is 0 Å². The number of hydrogen-bond donors (Lipinski definition) is 0. The summed E-state index contributed by atoms with van der Waals surface area (Å²) in [6.07, 6.45) is 0. The largest absolute Gasteiger partial charge is 0.0616 e. The van der Waals surface area contributed by atoms with Crippen molar-refractivity contribution in [2.24, 2.45) is 0 Å². The van der Waals surface area contributed by atoms with Crippen molar-refractivity contribution in [2.75, 3.05) is 0 Å². The monoisotopic (exact) mass is 464 g/mol. The van der Waals surface area contributed by atoms with Crippen molar-refractivity contribution in [3.63, 3.8) is 0 Å². The lowest BCUT2D eigenvalue weighted by atomic mass is 9.79. The predicted octanol–water partition coefficient (Wildman–Crippen LogP) is 10.6. The fourth-order valence-electron chi connectivity index (χ4n) is 6.21. The third-order valence-electron chi connectivity index (χ3n) is 8.25. The lowest BCUT2D eigenvalue weighted by molar-refractivity contribution is 0.591. The van der Waals surface area contributed by atoms with Crippen LogP contribution in [0, 0.1) is 0 Å². The van der Waals surface area contributed by atoms with Gasteiger partial charge in [0, 0.05) is 0 Å². The van der Waals surface area contributed by atoms with E-state index in [9.17, 15) is 0 Å². The molecule has 0 saturated heterocycles. The van der Waals surface area contributed by atoms with Gasteiger partial charge in [0.1, 0.15) is 0 Å². The normalized spacial score (nSPS) is 13.3. The molecule has 0 fully saturated rings. The van der Waals surface area contributed by atoms with Gasteiger partial charge in [0.05, 0.1) is 0 Å². The molecule has 0 saturated carbocycles. The SMILES string of the molecule is CC(C)(C)c1cc2ccc3cc(C(C)(C)C)cc4c5c6ccc7ccccc7c6ccc5c(c1)c2c34. The number of rotatable bonds is 0. The van der Waals surface area contributed by atoms with Gasteiger partial charge in [0.2, 0.25) is 0 Å². The van der Waals surface area contributed by atoms with E-state index in [-0.39, 0.29) is 10.8 Å². The van der Waals surface area contributed by atoms with Gasteiger partial charge in [-0.15, -0.1) is 0 Å². The van der Waals surface area contributed by atoms with E-state index in [1.54, 1.807) is 0 Å². The highest BCUT2D eigenvalue weighted by Gasteiger charge is 2.22. The molecule has 0 spiro atoms. The van der Waals surface area contributed by atoms with Crippen molar-refractivity contribution in [3.8, 4) is 0 Å². The topological polar surface area (TPSA) is 0 Å². The molecule has 0 unspecified atom stereocenters. The van der Waals surface area contributed by atoms with Gasteiger partial charge in [-0.3, -0.25) is 0 Å². The smallest absolute Gasteiger partial charge is 0.00198 e. The highest BCUT2D eigenvalue weighted by atomic mass is 14.3. The zero-order valence-electron chi connectivity index (χ0n) is 22.1. The fourth-order valence-corrected chi connectivity index (χ4v) is 6.21. The molecule has 0 nitrogen and oxygen atoms in total. The minimum atomic E-state index is 0.0768. The predicted molar refractivity (Wildman–Crippen MR) is 160 cm³/mol. The maximum atomic E-state index is 2.48. The molecule has 0 radical (unpaired) electrons. The van der Waals surface area contributed by atoms with E-state index in [4.69, 9.17) is 0 Å². The summed E-state index contributed by atoms with van der Waals surface area (Å²) in [6, 6.07) is 32.6. The number of fused-ring (bicyclic) bond motifs is 7. The zero-order valence-corrected chi connectivity index (χ0v) is 22.1. The molecule has 7 aromatic carbocycles. The third-order valence-corrected chi connectivity index (χ3v) is 8.25. The number of benzene rings is 7. The summed E-state index contributed by atoms with van der Waals surface area (Å²) >= 11 is 0. The molecule has 0 aromatic heterocycles. The molecular formula is C36H32. The van der Waals surface area contributed by atoms with Crippen LogP contribution in [0.3, 0.4) is 0 Å². The second-order valence-electron chi connectivity index (χ2n) is 12.7. The molecule has 0 aliphatic rings. The van der Waals surface area contributed by atoms with Gasteiger partial charge >= 0.3 is 0 Å². The van der Waals surface area contributed by atoms with E-state index in [1.165, 1.54) is 75.8 Å². The first-order valence-corrected chi connectivity index (χ1v) is 13.1. The van der Waals surface area contributed by atoms with Gasteiger partial charge in [-0.25, -0.2) is 0 Å². The van der Waals surface area contributed by atoms with Crippen molar-refractivity contribution in [2.45, 2.75) is 52.4 Å². The van der Waals surface area contributed by atoms with Crippen LogP contribution in [0.2, 0.25) is 0 Å². The maximum absolute atomic E-state index is 2.48. The summed E-state index contributed by atoms with van der Waals surface area (Å²) in [6.45, 7) is 13.9. The Morgan fingerprint density at radius 2 is 0.861 bits per heavy atom. The minimum absolute atomic E-state index is 0.0768. The van der Waals surface area contributed by atoms with Crippen LogP contribution in [-0.2, 0) is 10.8 Å². The molecule has 0 heteroatoms. The van der Waals surface area contributed by atoms with E-state index < -0.39 is 0 Å². The zero-order chi connectivity index (χ0) is 25.0. The van der Waals surface area contributed by atoms with E-state index in [0.29, 0.717) is 0 Å². The Balaban J connectivity index is 1.81. The van der Waals surface area contributed by atoms with E-state index in [1.807, 2.05) is 0 Å². The Morgan fingerprint density at radius 3 is 1.53 bits per heavy atom. The fraction of sp³-hybridized carbons (Fsp3) is 0.222. The standard InChI is InChI=1S/C36H32/c1-35(2,3)24-17-22-11-12-23-18-25(36(4,5)6)20-31-33(23)32(22)30(19-24)29-16-15-27-26-10-8-7-9-21(26)13-14-28(27)34(29)31/h7-20H,1-6H3. The van der Waals surface area contributed by atoms with Gasteiger partial charge in [-0.05, 0) is 98.7 Å². The molecular weight excluding hydrogens is 432 g/mol. The van der Waals surface area contributed by atoms with Crippen molar-refractivity contribution >= 4 is 64.6 Å². The van der Waals surface area contributed by atoms with Crippen LogP contribution in [0.1, 0.15) is 52.7 Å². The summed E-state index contributed by atoms with van der Waals surface area (Å²) in [4.78, 5) is 0.